The van der Waals surface area contributed by atoms with Crippen LogP contribution in [0.25, 0.3) is 0 Å². The first kappa shape index (κ1) is 11.8. The van der Waals surface area contributed by atoms with Crippen LogP contribution in [0, 0.1) is 0 Å². The molecule has 4 heteroatoms. The molecule has 0 radical (unpaired) electrons. The molecule has 0 spiro atoms. The van der Waals surface area contributed by atoms with Gasteiger partial charge in [0.25, 0.3) is 0 Å². The van der Waals surface area contributed by atoms with Crippen LogP contribution in [0.5, 0.6) is 0 Å². The summed E-state index contributed by atoms with van der Waals surface area (Å²) in [5.74, 6) is 0.244. The number of amides is 1. The van der Waals surface area contributed by atoms with Crippen LogP contribution in [0.2, 0.25) is 0 Å². The molecule has 0 fully saturated rings. The third-order valence-corrected chi connectivity index (χ3v) is 3.55. The number of nitrogens with zero attached hydrogens (tertiary/aromatic N) is 1. The molecule has 2 aliphatic rings. The van der Waals surface area contributed by atoms with Gasteiger partial charge in [0.2, 0.25) is 0 Å². The highest BCUT2D eigenvalue weighted by Crippen LogP contribution is 2.40. The van der Waals surface area contributed by atoms with Gasteiger partial charge < -0.3 is 4.74 Å². The molecule has 1 aromatic carbocycles. The lowest BCUT2D eigenvalue weighted by Crippen LogP contribution is -2.49. The highest BCUT2D eigenvalue weighted by molar-refractivity contribution is 5.73. The number of carbonyl (C=O) groups is 1. The number of hydrogen-bond donors (Lipinski definition) is 1. The van der Waals surface area contributed by atoms with E-state index in [2.05, 4.69) is 30.2 Å². The zero-order valence-corrected chi connectivity index (χ0v) is 10.6. The molecule has 1 aromatic rings. The summed E-state index contributed by atoms with van der Waals surface area (Å²) in [5.41, 5.74) is 5.36. The molecule has 0 saturated heterocycles. The summed E-state index contributed by atoms with van der Waals surface area (Å²) in [6, 6.07) is 8.15. The van der Waals surface area contributed by atoms with Crippen molar-refractivity contribution in [1.29, 1.82) is 0 Å². The molecule has 1 heterocycles. The predicted octanol–water partition coefficient (Wildman–Crippen LogP) is 3.06. The fourth-order valence-electron chi connectivity index (χ4n) is 2.70. The van der Waals surface area contributed by atoms with E-state index >= 15 is 0 Å². The molecule has 0 aromatic heterocycles. The third kappa shape index (κ3) is 1.99. The third-order valence-electron chi connectivity index (χ3n) is 3.55. The number of hydrogen-bond acceptors (Lipinski definition) is 3. The summed E-state index contributed by atoms with van der Waals surface area (Å²) in [6.07, 6.45) is 6.34. The Morgan fingerprint density at radius 3 is 3.21 bits per heavy atom. The standard InChI is InChI=1S/C15H16N2O2/c1-2-10-19-15(18)17-14-9-5-7-12(14)11-6-3-4-8-13(11)16-17/h2-8,12,14,16H,1,9-10H2/t12-,14-/m1/s1. The van der Waals surface area contributed by atoms with Crippen molar-refractivity contribution in [2.45, 2.75) is 18.4 Å². The smallest absolute Gasteiger partial charge is 0.429 e. The maximum Gasteiger partial charge on any atom is 0.429 e. The Balaban J connectivity index is 1.89. The number of benzene rings is 1. The lowest BCUT2D eigenvalue weighted by molar-refractivity contribution is 0.102. The van der Waals surface area contributed by atoms with Gasteiger partial charge in [-0.2, -0.15) is 0 Å². The summed E-state index contributed by atoms with van der Waals surface area (Å²) in [6.45, 7) is 3.78. The van der Waals surface area contributed by atoms with E-state index in [1.54, 1.807) is 11.1 Å². The fourth-order valence-corrected chi connectivity index (χ4v) is 2.70. The number of hydrazine groups is 1. The first-order valence-electron chi connectivity index (χ1n) is 6.40. The van der Waals surface area contributed by atoms with Gasteiger partial charge >= 0.3 is 6.09 Å². The molecule has 0 unspecified atom stereocenters. The van der Waals surface area contributed by atoms with E-state index in [0.717, 1.165) is 12.1 Å². The highest BCUT2D eigenvalue weighted by atomic mass is 16.6. The van der Waals surface area contributed by atoms with Crippen LogP contribution in [0.4, 0.5) is 10.5 Å². The monoisotopic (exact) mass is 256 g/mol. The Labute approximate surface area is 112 Å². The Morgan fingerprint density at radius 1 is 1.53 bits per heavy atom. The van der Waals surface area contributed by atoms with Gasteiger partial charge in [0, 0.05) is 5.92 Å². The van der Waals surface area contributed by atoms with Crippen LogP contribution in [-0.4, -0.2) is 23.8 Å². The average molecular weight is 256 g/mol. The molecule has 2 atom stereocenters. The fraction of sp³-hybridized carbons (Fsp3) is 0.267. The van der Waals surface area contributed by atoms with Gasteiger partial charge in [0.05, 0.1) is 11.7 Å². The van der Waals surface area contributed by atoms with Crippen molar-refractivity contribution >= 4 is 11.8 Å². The molecule has 0 bridgehead atoms. The second-order valence-electron chi connectivity index (χ2n) is 4.69. The zero-order chi connectivity index (χ0) is 13.2. The summed E-state index contributed by atoms with van der Waals surface area (Å²) >= 11 is 0. The van der Waals surface area contributed by atoms with Crippen LogP contribution in [-0.2, 0) is 4.74 Å². The lowest BCUT2D eigenvalue weighted by atomic mass is 9.91. The van der Waals surface area contributed by atoms with E-state index in [1.807, 2.05) is 18.2 Å². The van der Waals surface area contributed by atoms with Crippen LogP contribution in [0.1, 0.15) is 17.9 Å². The molecule has 98 valence electrons. The minimum Gasteiger partial charge on any atom is -0.444 e. The Morgan fingerprint density at radius 2 is 2.37 bits per heavy atom. The minimum absolute atomic E-state index is 0.0900. The molecular formula is C15H16N2O2. The number of nitrogens with one attached hydrogen (secondary N) is 1. The van der Waals surface area contributed by atoms with Crippen molar-refractivity contribution in [3.8, 4) is 0 Å². The predicted molar refractivity (Wildman–Crippen MR) is 73.7 cm³/mol. The molecule has 4 nitrogen and oxygen atoms in total. The van der Waals surface area contributed by atoms with Gasteiger partial charge in [-0.1, -0.05) is 43.0 Å². The summed E-state index contributed by atoms with van der Waals surface area (Å²) in [4.78, 5) is 12.1. The Kier molecular flexibility index (Phi) is 2.99. The average Bonchev–Trinajstić information content (AvgIpc) is 2.93. The Hall–Kier alpha value is -2.23. The SMILES string of the molecule is C=CCOC(=O)N1Nc2ccccc2[C@H]2C=CC[C@H]21. The van der Waals surface area contributed by atoms with Crippen molar-refractivity contribution < 1.29 is 9.53 Å². The molecule has 0 saturated carbocycles. The lowest BCUT2D eigenvalue weighted by Gasteiger charge is -2.38. The van der Waals surface area contributed by atoms with Crippen molar-refractivity contribution in [1.82, 2.24) is 5.01 Å². The number of rotatable bonds is 2. The van der Waals surface area contributed by atoms with E-state index in [-0.39, 0.29) is 24.7 Å². The second-order valence-corrected chi connectivity index (χ2v) is 4.69. The first-order valence-corrected chi connectivity index (χ1v) is 6.40. The van der Waals surface area contributed by atoms with Crippen molar-refractivity contribution in [2.75, 3.05) is 12.0 Å². The number of anilines is 1. The molecule has 1 aliphatic heterocycles. The number of ether oxygens (including phenoxy) is 1. The van der Waals surface area contributed by atoms with E-state index < -0.39 is 0 Å². The molecule has 1 aliphatic carbocycles. The highest BCUT2D eigenvalue weighted by Gasteiger charge is 2.38. The maximum absolute atomic E-state index is 12.1. The largest absolute Gasteiger partial charge is 0.444 e. The van der Waals surface area contributed by atoms with Crippen molar-refractivity contribution in [3.05, 3.63) is 54.6 Å². The molecule has 19 heavy (non-hydrogen) atoms. The van der Waals surface area contributed by atoms with Crippen molar-refractivity contribution in [2.24, 2.45) is 0 Å². The molecule has 1 amide bonds. The van der Waals surface area contributed by atoms with E-state index in [9.17, 15) is 4.79 Å². The van der Waals surface area contributed by atoms with Gasteiger partial charge in [-0.3, -0.25) is 5.43 Å². The quantitative estimate of drug-likeness (QED) is 0.827. The van der Waals surface area contributed by atoms with Crippen LogP contribution >= 0.6 is 0 Å². The van der Waals surface area contributed by atoms with E-state index in [1.165, 1.54) is 5.56 Å². The summed E-state index contributed by atoms with van der Waals surface area (Å²) < 4.78 is 5.13. The van der Waals surface area contributed by atoms with E-state index in [0.29, 0.717) is 0 Å². The first-order chi connectivity index (χ1) is 9.31. The summed E-state index contributed by atoms with van der Waals surface area (Å²) in [7, 11) is 0. The summed E-state index contributed by atoms with van der Waals surface area (Å²) in [5, 5.41) is 1.59. The number of carbonyl (C=O) groups excluding carboxylic acids is 1. The minimum atomic E-state index is -0.354. The van der Waals surface area contributed by atoms with E-state index in [4.69, 9.17) is 4.74 Å². The van der Waals surface area contributed by atoms with Crippen LogP contribution < -0.4 is 5.43 Å². The van der Waals surface area contributed by atoms with Gasteiger partial charge in [-0.15, -0.1) is 0 Å². The van der Waals surface area contributed by atoms with Crippen LogP contribution in [0.15, 0.2) is 49.1 Å². The van der Waals surface area contributed by atoms with Gasteiger partial charge in [-0.25, -0.2) is 9.80 Å². The van der Waals surface area contributed by atoms with Gasteiger partial charge in [-0.05, 0) is 18.1 Å². The van der Waals surface area contributed by atoms with Crippen molar-refractivity contribution in [3.63, 3.8) is 0 Å². The number of para-hydroxylation sites is 1. The molecule has 3 rings (SSSR count). The molecule has 1 N–H and O–H groups in total. The zero-order valence-electron chi connectivity index (χ0n) is 10.6. The number of fused-ring (bicyclic) bond motifs is 3. The maximum atomic E-state index is 12.1. The van der Waals surface area contributed by atoms with Gasteiger partial charge in [0.15, 0.2) is 0 Å². The van der Waals surface area contributed by atoms with Gasteiger partial charge in [0.1, 0.15) is 6.61 Å². The Bertz CT molecular complexity index is 539. The molecular weight excluding hydrogens is 240 g/mol. The topological polar surface area (TPSA) is 41.6 Å². The normalized spacial score (nSPS) is 23.3. The second kappa shape index (κ2) is 4.80. The van der Waals surface area contributed by atoms with Crippen LogP contribution in [0.3, 0.4) is 0 Å².